The van der Waals surface area contributed by atoms with Crippen LogP contribution in [0.4, 0.5) is 0 Å². The average Bonchev–Trinajstić information content (AvgIpc) is 2.15. The Morgan fingerprint density at radius 2 is 1.87 bits per heavy atom. The Morgan fingerprint density at radius 3 is 2.27 bits per heavy atom. The molecule has 0 fully saturated rings. The van der Waals surface area contributed by atoms with Crippen LogP contribution in [-0.2, 0) is 11.2 Å². The zero-order valence-corrected chi connectivity index (χ0v) is 7.38. The predicted molar refractivity (Wildman–Crippen MR) is 59.5 cm³/mol. The summed E-state index contributed by atoms with van der Waals surface area (Å²) in [5.41, 5.74) is 0.800. The van der Waals surface area contributed by atoms with Crippen LogP contribution in [0.15, 0.2) is 35.5 Å². The second-order valence-corrected chi connectivity index (χ2v) is 2.65. The Hall–Kier alpha value is -0.490. The summed E-state index contributed by atoms with van der Waals surface area (Å²) in [5, 5.41) is 11.1. The van der Waals surface area contributed by atoms with Crippen LogP contribution in [0.3, 0.4) is 0 Å². The predicted octanol–water partition coefficient (Wildman–Crippen LogP) is -0.292. The summed E-state index contributed by atoms with van der Waals surface area (Å²) < 4.78 is 0. The molecule has 80 valence electrons. The fraction of sp³-hybridized carbons (Fsp3) is 0.222. The van der Waals surface area contributed by atoms with E-state index in [2.05, 4.69) is 5.18 Å². The minimum atomic E-state index is -1.18. The third kappa shape index (κ3) is 5.84. The fourth-order valence-corrected chi connectivity index (χ4v) is 1.01. The molecule has 1 aromatic rings. The average molecular weight is 239 g/mol. The van der Waals surface area contributed by atoms with Gasteiger partial charge in [-0.15, -0.1) is 4.91 Å². The van der Waals surface area contributed by atoms with Crippen molar-refractivity contribution in [3.8, 4) is 0 Å². The van der Waals surface area contributed by atoms with Crippen molar-refractivity contribution >= 4 is 43.7 Å². The van der Waals surface area contributed by atoms with Gasteiger partial charge in [-0.25, -0.2) is 4.79 Å². The molecule has 1 atom stereocenters. The number of hydrogen-bond donors (Lipinski definition) is 1. The van der Waals surface area contributed by atoms with E-state index in [0.29, 0.717) is 0 Å². The van der Waals surface area contributed by atoms with Gasteiger partial charge in [0.1, 0.15) is 0 Å². The number of hydrogen-bond acceptors (Lipinski definition) is 3. The molecule has 0 saturated carbocycles. The van der Waals surface area contributed by atoms with Gasteiger partial charge in [-0.05, 0) is 5.56 Å². The van der Waals surface area contributed by atoms with E-state index in [1.165, 1.54) is 0 Å². The SMILES string of the molecule is O.O=NC(Cc1ccccc1)C(=O)O.[CaH2]. The molecule has 5 nitrogen and oxygen atoms in total. The van der Waals surface area contributed by atoms with Gasteiger partial charge in [0, 0.05) is 6.42 Å². The first-order valence-corrected chi connectivity index (χ1v) is 3.83. The van der Waals surface area contributed by atoms with E-state index in [0.717, 1.165) is 5.56 Å². The van der Waals surface area contributed by atoms with E-state index in [1.807, 2.05) is 6.07 Å². The normalized spacial score (nSPS) is 10.4. The van der Waals surface area contributed by atoms with E-state index in [9.17, 15) is 9.70 Å². The number of rotatable bonds is 4. The van der Waals surface area contributed by atoms with Crippen LogP contribution in [0.1, 0.15) is 5.56 Å². The molecule has 0 radical (unpaired) electrons. The van der Waals surface area contributed by atoms with Crippen LogP contribution in [-0.4, -0.2) is 60.3 Å². The molecule has 0 heterocycles. The maximum atomic E-state index is 10.4. The van der Waals surface area contributed by atoms with Crippen molar-refractivity contribution < 1.29 is 15.4 Å². The zero-order chi connectivity index (χ0) is 9.68. The van der Waals surface area contributed by atoms with Gasteiger partial charge in [0.2, 0.25) is 0 Å². The van der Waals surface area contributed by atoms with Crippen molar-refractivity contribution in [2.75, 3.05) is 0 Å². The van der Waals surface area contributed by atoms with Crippen LogP contribution in [0.5, 0.6) is 0 Å². The zero-order valence-electron chi connectivity index (χ0n) is 7.38. The number of nitroso groups, excluding NO2 is 1. The summed E-state index contributed by atoms with van der Waals surface area (Å²) in [6.45, 7) is 0. The Kier molecular flexibility index (Phi) is 9.92. The summed E-state index contributed by atoms with van der Waals surface area (Å²) >= 11 is 0. The van der Waals surface area contributed by atoms with Gasteiger partial charge in [-0.1, -0.05) is 35.5 Å². The number of carboxylic acid groups (broad SMARTS) is 1. The van der Waals surface area contributed by atoms with Gasteiger partial charge in [0.15, 0.2) is 6.04 Å². The van der Waals surface area contributed by atoms with Gasteiger partial charge in [0.05, 0.1) is 0 Å². The van der Waals surface area contributed by atoms with Crippen LogP contribution < -0.4 is 0 Å². The molecule has 3 N–H and O–H groups in total. The standard InChI is InChI=1S/C9H9NO3.Ca.H2O.2H/c11-9(12)8(10-13)6-7-4-2-1-3-5-7;;;;/h1-5,8H,6H2,(H,11,12);;1H2;;. The molecule has 15 heavy (non-hydrogen) atoms. The number of nitrogens with zero attached hydrogens (tertiary/aromatic N) is 1. The quantitative estimate of drug-likeness (QED) is 0.577. The molecule has 0 aromatic heterocycles. The number of carbonyl (C=O) groups is 1. The summed E-state index contributed by atoms with van der Waals surface area (Å²) in [5.74, 6) is -1.18. The molecular weight excluding hydrogens is 226 g/mol. The van der Waals surface area contributed by atoms with E-state index >= 15 is 0 Å². The maximum absolute atomic E-state index is 10.4. The number of benzene rings is 1. The third-order valence-corrected chi connectivity index (χ3v) is 1.68. The number of aliphatic carboxylic acids is 1. The van der Waals surface area contributed by atoms with E-state index in [4.69, 9.17) is 5.11 Å². The van der Waals surface area contributed by atoms with Crippen LogP contribution in [0.25, 0.3) is 0 Å². The van der Waals surface area contributed by atoms with Crippen LogP contribution in [0.2, 0.25) is 0 Å². The first-order valence-electron chi connectivity index (χ1n) is 3.83. The molecular formula is C9H13CaNO4. The molecule has 0 aliphatic heterocycles. The minimum absolute atomic E-state index is 0. The number of carboxylic acids is 1. The van der Waals surface area contributed by atoms with E-state index in [-0.39, 0.29) is 49.6 Å². The van der Waals surface area contributed by atoms with Gasteiger partial charge >= 0.3 is 43.7 Å². The van der Waals surface area contributed by atoms with Crippen molar-refractivity contribution in [3.63, 3.8) is 0 Å². The summed E-state index contributed by atoms with van der Waals surface area (Å²) in [6.07, 6.45) is 0.152. The topological polar surface area (TPSA) is 98.2 Å². The fourth-order valence-electron chi connectivity index (χ4n) is 1.01. The van der Waals surface area contributed by atoms with Crippen molar-refractivity contribution in [1.82, 2.24) is 0 Å². The van der Waals surface area contributed by atoms with Crippen molar-refractivity contribution in [3.05, 3.63) is 40.8 Å². The summed E-state index contributed by atoms with van der Waals surface area (Å²) in [4.78, 5) is 20.6. The molecule has 1 rings (SSSR count). The molecule has 6 heteroatoms. The van der Waals surface area contributed by atoms with Crippen molar-refractivity contribution in [2.45, 2.75) is 12.5 Å². The Bertz CT molecular complexity index is 304. The molecule has 0 bridgehead atoms. The Labute approximate surface area is 117 Å². The van der Waals surface area contributed by atoms with Crippen LogP contribution >= 0.6 is 0 Å². The summed E-state index contributed by atoms with van der Waals surface area (Å²) in [7, 11) is 0. The first kappa shape index (κ1) is 16.9. The van der Waals surface area contributed by atoms with Gasteiger partial charge < -0.3 is 10.6 Å². The molecule has 0 amide bonds. The van der Waals surface area contributed by atoms with Gasteiger partial charge in [0.25, 0.3) is 0 Å². The molecule has 0 aliphatic carbocycles. The van der Waals surface area contributed by atoms with Gasteiger partial charge in [-0.2, -0.15) is 0 Å². The molecule has 1 unspecified atom stereocenters. The van der Waals surface area contributed by atoms with Gasteiger partial charge in [-0.3, -0.25) is 0 Å². The van der Waals surface area contributed by atoms with E-state index in [1.54, 1.807) is 24.3 Å². The second kappa shape index (κ2) is 8.79. The Morgan fingerprint density at radius 1 is 1.33 bits per heavy atom. The molecule has 0 spiro atoms. The summed E-state index contributed by atoms with van der Waals surface area (Å²) in [6, 6.07) is 7.76. The van der Waals surface area contributed by atoms with E-state index < -0.39 is 12.0 Å². The molecule has 0 saturated heterocycles. The van der Waals surface area contributed by atoms with Crippen molar-refractivity contribution in [1.29, 1.82) is 0 Å². The monoisotopic (exact) mass is 239 g/mol. The second-order valence-electron chi connectivity index (χ2n) is 2.65. The van der Waals surface area contributed by atoms with Crippen LogP contribution in [0, 0.1) is 4.91 Å². The Balaban J connectivity index is 0. The molecule has 0 aliphatic rings. The van der Waals surface area contributed by atoms with Crippen molar-refractivity contribution in [2.24, 2.45) is 5.18 Å². The third-order valence-electron chi connectivity index (χ3n) is 1.68. The molecule has 1 aromatic carbocycles. The first-order chi connectivity index (χ1) is 6.24.